The van der Waals surface area contributed by atoms with Gasteiger partial charge in [-0.2, -0.15) is 0 Å². The molecule has 3 nitrogen and oxygen atoms in total. The van der Waals surface area contributed by atoms with Gasteiger partial charge in [0.2, 0.25) is 0 Å². The standard InChI is InChI=1S/C12H15ClN2O/c1-2-15(8-9-3-4-9)12(16)10-5-6-14-11(13)7-10/h5-7,9H,2-4,8H2,1H3. The lowest BCUT2D eigenvalue weighted by atomic mass is 10.2. The number of hydrogen-bond donors (Lipinski definition) is 0. The van der Waals surface area contributed by atoms with Crippen molar-refractivity contribution in [1.82, 2.24) is 9.88 Å². The molecular formula is C12H15ClN2O. The van der Waals surface area contributed by atoms with Crippen LogP contribution in [0.1, 0.15) is 30.1 Å². The van der Waals surface area contributed by atoms with Gasteiger partial charge in [0.05, 0.1) is 0 Å². The molecule has 1 aliphatic carbocycles. The molecular weight excluding hydrogens is 224 g/mol. The Hall–Kier alpha value is -1.09. The van der Waals surface area contributed by atoms with Crippen molar-refractivity contribution in [2.75, 3.05) is 13.1 Å². The van der Waals surface area contributed by atoms with Crippen LogP contribution in [0.25, 0.3) is 0 Å². The molecule has 1 amide bonds. The highest BCUT2D eigenvalue weighted by Crippen LogP contribution is 2.30. The maximum atomic E-state index is 12.1. The third kappa shape index (κ3) is 2.73. The average molecular weight is 239 g/mol. The van der Waals surface area contributed by atoms with Gasteiger partial charge < -0.3 is 4.90 Å². The van der Waals surface area contributed by atoms with Gasteiger partial charge in [-0.25, -0.2) is 4.98 Å². The van der Waals surface area contributed by atoms with Crippen LogP contribution < -0.4 is 0 Å². The van der Waals surface area contributed by atoms with E-state index in [4.69, 9.17) is 11.6 Å². The first-order chi connectivity index (χ1) is 7.70. The van der Waals surface area contributed by atoms with Gasteiger partial charge in [0.1, 0.15) is 5.15 Å². The van der Waals surface area contributed by atoms with Gasteiger partial charge in [0.25, 0.3) is 5.91 Å². The summed E-state index contributed by atoms with van der Waals surface area (Å²) in [5.74, 6) is 0.764. The predicted molar refractivity (Wildman–Crippen MR) is 63.5 cm³/mol. The number of rotatable bonds is 4. The fourth-order valence-corrected chi connectivity index (χ4v) is 1.86. The molecule has 0 aliphatic heterocycles. The molecule has 0 radical (unpaired) electrons. The highest BCUT2D eigenvalue weighted by molar-refractivity contribution is 6.29. The number of pyridine rings is 1. The molecule has 4 heteroatoms. The Bertz CT molecular complexity index is 390. The zero-order chi connectivity index (χ0) is 11.5. The molecule has 0 N–H and O–H groups in total. The number of carbonyl (C=O) groups excluding carboxylic acids is 1. The summed E-state index contributed by atoms with van der Waals surface area (Å²) in [5, 5.41) is 0.369. The van der Waals surface area contributed by atoms with Crippen molar-refractivity contribution in [3.8, 4) is 0 Å². The molecule has 0 saturated heterocycles. The van der Waals surface area contributed by atoms with Crippen LogP contribution in [0.3, 0.4) is 0 Å². The summed E-state index contributed by atoms with van der Waals surface area (Å²) in [6, 6.07) is 3.34. The van der Waals surface area contributed by atoms with E-state index in [2.05, 4.69) is 4.98 Å². The van der Waals surface area contributed by atoms with E-state index in [0.29, 0.717) is 16.6 Å². The molecule has 1 aromatic heterocycles. The SMILES string of the molecule is CCN(CC1CC1)C(=O)c1ccnc(Cl)c1. The third-order valence-electron chi connectivity index (χ3n) is 2.82. The Morgan fingerprint density at radius 1 is 1.62 bits per heavy atom. The van der Waals surface area contributed by atoms with Crippen LogP contribution in [0.15, 0.2) is 18.3 Å². The lowest BCUT2D eigenvalue weighted by Gasteiger charge is -2.20. The van der Waals surface area contributed by atoms with E-state index in [1.165, 1.54) is 12.8 Å². The van der Waals surface area contributed by atoms with Crippen molar-refractivity contribution in [3.05, 3.63) is 29.0 Å². The monoisotopic (exact) mass is 238 g/mol. The van der Waals surface area contributed by atoms with Crippen molar-refractivity contribution in [2.45, 2.75) is 19.8 Å². The third-order valence-corrected chi connectivity index (χ3v) is 3.02. The second kappa shape index (κ2) is 4.83. The molecule has 1 heterocycles. The van der Waals surface area contributed by atoms with E-state index in [9.17, 15) is 4.79 Å². The second-order valence-corrected chi connectivity index (χ2v) is 4.54. The summed E-state index contributed by atoms with van der Waals surface area (Å²) in [4.78, 5) is 17.9. The van der Waals surface area contributed by atoms with Gasteiger partial charge in [0.15, 0.2) is 0 Å². The first-order valence-corrected chi connectivity index (χ1v) is 5.99. The Morgan fingerprint density at radius 2 is 2.38 bits per heavy atom. The van der Waals surface area contributed by atoms with Crippen molar-refractivity contribution in [1.29, 1.82) is 0 Å². The van der Waals surface area contributed by atoms with Crippen molar-refractivity contribution >= 4 is 17.5 Å². The minimum atomic E-state index is 0.0544. The lowest BCUT2D eigenvalue weighted by Crippen LogP contribution is -2.32. The summed E-state index contributed by atoms with van der Waals surface area (Å²) >= 11 is 5.77. The average Bonchev–Trinajstić information content (AvgIpc) is 3.09. The van der Waals surface area contributed by atoms with E-state index < -0.39 is 0 Å². The smallest absolute Gasteiger partial charge is 0.254 e. The topological polar surface area (TPSA) is 33.2 Å². The Morgan fingerprint density at radius 3 is 2.94 bits per heavy atom. The second-order valence-electron chi connectivity index (χ2n) is 4.15. The Kier molecular flexibility index (Phi) is 3.44. The van der Waals surface area contributed by atoms with Crippen molar-refractivity contribution in [3.63, 3.8) is 0 Å². The molecule has 2 rings (SSSR count). The van der Waals surface area contributed by atoms with E-state index >= 15 is 0 Å². The number of amides is 1. The zero-order valence-electron chi connectivity index (χ0n) is 9.32. The van der Waals surface area contributed by atoms with Crippen LogP contribution in [-0.4, -0.2) is 28.9 Å². The minimum Gasteiger partial charge on any atom is -0.339 e. The van der Waals surface area contributed by atoms with Crippen LogP contribution in [0.4, 0.5) is 0 Å². The molecule has 1 aromatic rings. The zero-order valence-corrected chi connectivity index (χ0v) is 10.1. The Balaban J connectivity index is 2.09. The van der Waals surface area contributed by atoms with Crippen molar-refractivity contribution < 1.29 is 4.79 Å². The Labute approximate surface area is 100 Å². The summed E-state index contributed by atoms with van der Waals surface area (Å²) in [7, 11) is 0. The van der Waals surface area contributed by atoms with Gasteiger partial charge in [-0.3, -0.25) is 4.79 Å². The van der Waals surface area contributed by atoms with Crippen LogP contribution in [0, 0.1) is 5.92 Å². The van der Waals surface area contributed by atoms with Gasteiger partial charge in [-0.05, 0) is 37.8 Å². The van der Waals surface area contributed by atoms with Crippen LogP contribution in [0.2, 0.25) is 5.15 Å². The molecule has 0 bridgehead atoms. The molecule has 0 unspecified atom stereocenters. The first kappa shape index (κ1) is 11.4. The fourth-order valence-electron chi connectivity index (χ4n) is 1.69. The summed E-state index contributed by atoms with van der Waals surface area (Å²) < 4.78 is 0. The highest BCUT2D eigenvalue weighted by atomic mass is 35.5. The molecule has 16 heavy (non-hydrogen) atoms. The normalized spacial score (nSPS) is 14.9. The van der Waals surface area contributed by atoms with Crippen molar-refractivity contribution in [2.24, 2.45) is 5.92 Å². The van der Waals surface area contributed by atoms with Crippen LogP contribution >= 0.6 is 11.6 Å². The summed E-state index contributed by atoms with van der Waals surface area (Å²) in [6.45, 7) is 3.62. The van der Waals surface area contributed by atoms with Gasteiger partial charge in [-0.1, -0.05) is 11.6 Å². The van der Waals surface area contributed by atoms with E-state index in [0.717, 1.165) is 13.1 Å². The first-order valence-electron chi connectivity index (χ1n) is 5.61. The summed E-state index contributed by atoms with van der Waals surface area (Å²) in [6.07, 6.45) is 4.07. The number of halogens is 1. The maximum Gasteiger partial charge on any atom is 0.254 e. The molecule has 0 spiro atoms. The molecule has 1 aliphatic rings. The number of hydrogen-bond acceptors (Lipinski definition) is 2. The number of aromatic nitrogens is 1. The fraction of sp³-hybridized carbons (Fsp3) is 0.500. The van der Waals surface area contributed by atoms with Gasteiger partial charge in [-0.15, -0.1) is 0 Å². The minimum absolute atomic E-state index is 0.0544. The maximum absolute atomic E-state index is 12.1. The predicted octanol–water partition coefficient (Wildman–Crippen LogP) is 2.61. The quantitative estimate of drug-likeness (QED) is 0.756. The largest absolute Gasteiger partial charge is 0.339 e. The van der Waals surface area contributed by atoms with E-state index in [1.54, 1.807) is 18.3 Å². The van der Waals surface area contributed by atoms with Crippen LogP contribution in [0.5, 0.6) is 0 Å². The highest BCUT2D eigenvalue weighted by Gasteiger charge is 2.26. The molecule has 0 atom stereocenters. The molecule has 1 fully saturated rings. The summed E-state index contributed by atoms with van der Waals surface area (Å²) in [5.41, 5.74) is 0.627. The van der Waals surface area contributed by atoms with E-state index in [1.807, 2.05) is 11.8 Å². The van der Waals surface area contributed by atoms with Gasteiger partial charge >= 0.3 is 0 Å². The molecule has 86 valence electrons. The number of nitrogens with zero attached hydrogens (tertiary/aromatic N) is 2. The molecule has 0 aromatic carbocycles. The lowest BCUT2D eigenvalue weighted by molar-refractivity contribution is 0.0757. The van der Waals surface area contributed by atoms with Crippen LogP contribution in [-0.2, 0) is 0 Å². The number of carbonyl (C=O) groups is 1. The van der Waals surface area contributed by atoms with Gasteiger partial charge in [0, 0.05) is 24.8 Å². The molecule has 1 saturated carbocycles. The van der Waals surface area contributed by atoms with E-state index in [-0.39, 0.29) is 5.91 Å².